The van der Waals surface area contributed by atoms with Gasteiger partial charge in [-0.1, -0.05) is 6.07 Å². The maximum atomic E-state index is 12.3. The fourth-order valence-electron chi connectivity index (χ4n) is 2.98. The Morgan fingerprint density at radius 3 is 2.67 bits per heavy atom. The first-order valence-corrected chi connectivity index (χ1v) is 8.95. The molecule has 0 unspecified atom stereocenters. The zero-order valence-corrected chi connectivity index (χ0v) is 18.3. The van der Waals surface area contributed by atoms with Crippen LogP contribution in [0.1, 0.15) is 25.3 Å². The van der Waals surface area contributed by atoms with E-state index in [4.69, 9.17) is 9.47 Å². The molecule has 1 saturated heterocycles. The van der Waals surface area contributed by atoms with E-state index in [9.17, 15) is 4.79 Å². The molecule has 6 nitrogen and oxygen atoms in total. The molecule has 2 rings (SSSR count). The van der Waals surface area contributed by atoms with Crippen molar-refractivity contribution in [3.05, 3.63) is 23.8 Å². The molecule has 1 aliphatic heterocycles. The molecule has 1 amide bonds. The molecule has 1 aromatic rings. The molecule has 156 valence electrons. The van der Waals surface area contributed by atoms with Crippen LogP contribution in [0.5, 0.6) is 11.5 Å². The minimum absolute atomic E-state index is 0. The molecule has 0 saturated carbocycles. The van der Waals surface area contributed by atoms with Crippen LogP contribution in [0.2, 0.25) is 0 Å². The number of methoxy groups -OCH3 is 1. The number of amides is 1. The molecule has 8 heteroatoms. The minimum Gasteiger partial charge on any atom is -0.493 e. The summed E-state index contributed by atoms with van der Waals surface area (Å²) in [6.07, 6.45) is 1.80. The van der Waals surface area contributed by atoms with Crippen molar-refractivity contribution in [1.29, 1.82) is 0 Å². The lowest BCUT2D eigenvalue weighted by atomic mass is 9.92. The number of carbonyl (C=O) groups excluding carboxylic acids is 1. The summed E-state index contributed by atoms with van der Waals surface area (Å²) in [4.78, 5) is 14.4. The van der Waals surface area contributed by atoms with Gasteiger partial charge < -0.3 is 25.0 Å². The van der Waals surface area contributed by atoms with Gasteiger partial charge in [-0.05, 0) is 58.1 Å². The van der Waals surface area contributed by atoms with Gasteiger partial charge in [-0.2, -0.15) is 0 Å². The third-order valence-corrected chi connectivity index (χ3v) is 4.49. The molecule has 2 atom stereocenters. The van der Waals surface area contributed by atoms with Crippen LogP contribution >= 0.6 is 24.8 Å². The van der Waals surface area contributed by atoms with Crippen molar-refractivity contribution >= 4 is 30.7 Å². The van der Waals surface area contributed by atoms with Crippen molar-refractivity contribution in [3.8, 4) is 11.5 Å². The first-order chi connectivity index (χ1) is 12.0. The summed E-state index contributed by atoms with van der Waals surface area (Å²) in [5, 5.41) is 6.42. The third-order valence-electron chi connectivity index (χ3n) is 4.49. The van der Waals surface area contributed by atoms with E-state index in [1.807, 2.05) is 32.3 Å². The number of nitrogens with one attached hydrogen (secondary N) is 2. The summed E-state index contributed by atoms with van der Waals surface area (Å²) in [6.45, 7) is 4.99. The maximum absolute atomic E-state index is 12.3. The second-order valence-electron chi connectivity index (χ2n) is 6.93. The second kappa shape index (κ2) is 13.0. The van der Waals surface area contributed by atoms with Gasteiger partial charge in [0.05, 0.1) is 7.11 Å². The number of hydrogen-bond acceptors (Lipinski definition) is 5. The lowest BCUT2D eigenvalue weighted by Crippen LogP contribution is -2.42. The molecule has 2 N–H and O–H groups in total. The highest BCUT2D eigenvalue weighted by molar-refractivity contribution is 5.85. The van der Waals surface area contributed by atoms with E-state index < -0.39 is 0 Å². The molecule has 1 aromatic carbocycles. The Morgan fingerprint density at radius 1 is 1.30 bits per heavy atom. The van der Waals surface area contributed by atoms with E-state index in [2.05, 4.69) is 22.5 Å². The zero-order chi connectivity index (χ0) is 18.2. The molecule has 0 bridgehead atoms. The molecule has 1 aliphatic rings. The lowest BCUT2D eigenvalue weighted by Gasteiger charge is -2.27. The second-order valence-corrected chi connectivity index (χ2v) is 6.93. The van der Waals surface area contributed by atoms with Crippen LogP contribution < -0.4 is 20.1 Å². The van der Waals surface area contributed by atoms with E-state index in [1.54, 1.807) is 7.11 Å². The van der Waals surface area contributed by atoms with Gasteiger partial charge in [0.2, 0.25) is 5.91 Å². The average Bonchev–Trinajstić information content (AvgIpc) is 2.60. The largest absolute Gasteiger partial charge is 0.493 e. The Kier molecular flexibility index (Phi) is 12.5. The Labute approximate surface area is 175 Å². The number of halogens is 2. The van der Waals surface area contributed by atoms with Crippen LogP contribution in [0.3, 0.4) is 0 Å². The molecule has 0 aromatic heterocycles. The highest BCUT2D eigenvalue weighted by atomic mass is 35.5. The number of rotatable bonds is 8. The summed E-state index contributed by atoms with van der Waals surface area (Å²) in [7, 11) is 5.65. The summed E-state index contributed by atoms with van der Waals surface area (Å²) in [5.41, 5.74) is 1.01. The van der Waals surface area contributed by atoms with Gasteiger partial charge in [0.25, 0.3) is 0 Å². The first kappa shape index (κ1) is 25.8. The summed E-state index contributed by atoms with van der Waals surface area (Å²) >= 11 is 0. The number of ether oxygens (including phenoxy) is 2. The van der Waals surface area contributed by atoms with Gasteiger partial charge in [-0.15, -0.1) is 24.8 Å². The van der Waals surface area contributed by atoms with Gasteiger partial charge in [-0.3, -0.25) is 4.79 Å². The monoisotopic (exact) mass is 421 g/mol. The number of hydrogen-bond donors (Lipinski definition) is 2. The van der Waals surface area contributed by atoms with E-state index in [0.29, 0.717) is 24.9 Å². The van der Waals surface area contributed by atoms with Crippen LogP contribution in [0.4, 0.5) is 0 Å². The lowest BCUT2D eigenvalue weighted by molar-refractivity contribution is -0.126. The SMILES string of the molecule is COc1cc(CNC(=O)[C@H]2CCN[C@@H](C)C2)ccc1OCCN(C)C.Cl.Cl. The standard InChI is InChI=1S/C19H31N3O3.2ClH/c1-14-11-16(7-8-20-14)19(23)21-13-15-5-6-17(18(12-15)24-4)25-10-9-22(2)3;;/h5-6,12,14,16,20H,7-11,13H2,1-4H3,(H,21,23);2*1H/t14-,16-;;/m0../s1. The molecular weight excluding hydrogens is 389 g/mol. The predicted octanol–water partition coefficient (Wildman–Crippen LogP) is 2.48. The predicted molar refractivity (Wildman–Crippen MR) is 114 cm³/mol. The summed E-state index contributed by atoms with van der Waals surface area (Å²) < 4.78 is 11.2. The van der Waals surface area contributed by atoms with Crippen LogP contribution in [-0.2, 0) is 11.3 Å². The molecular formula is C19H33Cl2N3O3. The number of nitrogens with zero attached hydrogens (tertiary/aromatic N) is 1. The average molecular weight is 422 g/mol. The molecule has 27 heavy (non-hydrogen) atoms. The van der Waals surface area contributed by atoms with E-state index in [1.165, 1.54) is 0 Å². The maximum Gasteiger partial charge on any atom is 0.223 e. The van der Waals surface area contributed by atoms with Gasteiger partial charge in [0.1, 0.15) is 6.61 Å². The van der Waals surface area contributed by atoms with E-state index in [-0.39, 0.29) is 36.6 Å². The Bertz CT molecular complexity index is 573. The van der Waals surface area contributed by atoms with Crippen molar-refractivity contribution < 1.29 is 14.3 Å². The summed E-state index contributed by atoms with van der Waals surface area (Å²) in [6, 6.07) is 6.21. The molecule has 0 spiro atoms. The van der Waals surface area contributed by atoms with Crippen LogP contribution in [-0.4, -0.2) is 57.8 Å². The topological polar surface area (TPSA) is 62.8 Å². The number of carbonyl (C=O) groups is 1. The fraction of sp³-hybridized carbons (Fsp3) is 0.632. The molecule has 1 heterocycles. The van der Waals surface area contributed by atoms with E-state index >= 15 is 0 Å². The van der Waals surface area contributed by atoms with Crippen molar-refractivity contribution in [2.24, 2.45) is 5.92 Å². The van der Waals surface area contributed by atoms with Crippen LogP contribution in [0.15, 0.2) is 18.2 Å². The zero-order valence-electron chi connectivity index (χ0n) is 16.6. The first-order valence-electron chi connectivity index (χ1n) is 8.95. The normalized spacial score (nSPS) is 18.9. The van der Waals surface area contributed by atoms with Gasteiger partial charge in [-0.25, -0.2) is 0 Å². The summed E-state index contributed by atoms with van der Waals surface area (Å²) in [5.74, 6) is 1.66. The number of likely N-dealkylation sites (N-methyl/N-ethyl adjacent to an activating group) is 1. The van der Waals surface area contributed by atoms with Crippen molar-refractivity contribution in [1.82, 2.24) is 15.5 Å². The third kappa shape index (κ3) is 8.56. The van der Waals surface area contributed by atoms with Crippen molar-refractivity contribution in [2.45, 2.75) is 32.4 Å². The van der Waals surface area contributed by atoms with E-state index in [0.717, 1.165) is 37.2 Å². The minimum atomic E-state index is 0. The Balaban J connectivity index is 0.00000338. The van der Waals surface area contributed by atoms with Gasteiger partial charge >= 0.3 is 0 Å². The highest BCUT2D eigenvalue weighted by Gasteiger charge is 2.24. The van der Waals surface area contributed by atoms with Crippen LogP contribution in [0.25, 0.3) is 0 Å². The smallest absolute Gasteiger partial charge is 0.223 e. The Morgan fingerprint density at radius 2 is 2.04 bits per heavy atom. The molecule has 0 aliphatic carbocycles. The Hall–Kier alpha value is -1.21. The van der Waals surface area contributed by atoms with Crippen molar-refractivity contribution in [3.63, 3.8) is 0 Å². The van der Waals surface area contributed by atoms with Gasteiger partial charge in [0.15, 0.2) is 11.5 Å². The van der Waals surface area contributed by atoms with Gasteiger partial charge in [0, 0.05) is 25.0 Å². The number of piperidine rings is 1. The van der Waals surface area contributed by atoms with Crippen LogP contribution in [0, 0.1) is 5.92 Å². The number of benzene rings is 1. The fourth-order valence-corrected chi connectivity index (χ4v) is 2.98. The highest BCUT2D eigenvalue weighted by Crippen LogP contribution is 2.28. The molecule has 0 radical (unpaired) electrons. The molecule has 1 fully saturated rings. The quantitative estimate of drug-likeness (QED) is 0.674. The van der Waals surface area contributed by atoms with Crippen molar-refractivity contribution in [2.75, 3.05) is 40.9 Å².